The van der Waals surface area contributed by atoms with Crippen molar-refractivity contribution < 1.29 is 8.85 Å². The second-order valence-electron chi connectivity index (χ2n) is 3.57. The Morgan fingerprint density at radius 2 is 1.71 bits per heavy atom. The molecule has 0 aliphatic heterocycles. The van der Waals surface area contributed by atoms with Gasteiger partial charge in [0.05, 0.1) is 0 Å². The maximum Gasteiger partial charge on any atom is 0.334 e. The Balaban J connectivity index is 2.27. The monoisotopic (exact) mass is 213 g/mol. The molecule has 14 heavy (non-hydrogen) atoms. The van der Waals surface area contributed by atoms with Crippen LogP contribution < -0.4 is 0 Å². The zero-order chi connectivity index (χ0) is 10.4. The number of hydrogen-bond donors (Lipinski definition) is 0. The van der Waals surface area contributed by atoms with Crippen LogP contribution in [0.5, 0.6) is 0 Å². The molecule has 0 fully saturated rings. The van der Waals surface area contributed by atoms with Crippen molar-refractivity contribution in [2.24, 2.45) is 0 Å². The van der Waals surface area contributed by atoms with Crippen LogP contribution in [0.15, 0.2) is 24.5 Å². The highest BCUT2D eigenvalue weighted by Gasteiger charge is 2.27. The molecule has 0 aliphatic rings. The van der Waals surface area contributed by atoms with Gasteiger partial charge in [-0.2, -0.15) is 0 Å². The van der Waals surface area contributed by atoms with Crippen molar-refractivity contribution in [3.8, 4) is 0 Å². The van der Waals surface area contributed by atoms with Crippen LogP contribution in [0.4, 0.5) is 0 Å². The molecule has 0 saturated carbocycles. The second-order valence-corrected chi connectivity index (χ2v) is 7.15. The maximum atomic E-state index is 5.41. The molecule has 0 bridgehead atoms. The van der Waals surface area contributed by atoms with E-state index >= 15 is 0 Å². The molecule has 0 radical (unpaired) electrons. The average molecular weight is 213 g/mol. The van der Waals surface area contributed by atoms with Crippen LogP contribution in [0.2, 0.25) is 12.6 Å². The lowest BCUT2D eigenvalue weighted by atomic mass is 10.5. The van der Waals surface area contributed by atoms with Gasteiger partial charge in [-0.3, -0.25) is 0 Å². The zero-order valence-electron chi connectivity index (χ0n) is 9.19. The molecule has 1 aromatic heterocycles. The summed E-state index contributed by atoms with van der Waals surface area (Å²) in [6.07, 6.45) is 5.27. The Hall–Kier alpha value is -0.583. The van der Waals surface area contributed by atoms with Gasteiger partial charge in [-0.1, -0.05) is 0 Å². The van der Waals surface area contributed by atoms with Crippen LogP contribution in [-0.4, -0.2) is 27.3 Å². The van der Waals surface area contributed by atoms with Gasteiger partial charge in [0.1, 0.15) is 0 Å². The van der Waals surface area contributed by atoms with Crippen LogP contribution in [0.3, 0.4) is 0 Å². The molecule has 0 atom stereocenters. The Kier molecular flexibility index (Phi) is 4.38. The third-order valence-electron chi connectivity index (χ3n) is 2.58. The fourth-order valence-electron chi connectivity index (χ4n) is 1.39. The van der Waals surface area contributed by atoms with Gasteiger partial charge in [0, 0.05) is 33.2 Å². The van der Waals surface area contributed by atoms with Gasteiger partial charge < -0.3 is 13.4 Å². The van der Waals surface area contributed by atoms with Gasteiger partial charge in [-0.15, -0.1) is 0 Å². The highest BCUT2D eigenvalue weighted by atomic mass is 28.4. The van der Waals surface area contributed by atoms with Crippen molar-refractivity contribution in [2.45, 2.75) is 25.6 Å². The molecule has 0 unspecified atom stereocenters. The highest BCUT2D eigenvalue weighted by molar-refractivity contribution is 6.65. The quantitative estimate of drug-likeness (QED) is 0.677. The summed E-state index contributed by atoms with van der Waals surface area (Å²) in [7, 11) is 1.64. The molecule has 0 amide bonds. The van der Waals surface area contributed by atoms with Gasteiger partial charge in [0.15, 0.2) is 0 Å². The number of rotatable bonds is 6. The summed E-state index contributed by atoms with van der Waals surface area (Å²) in [5.41, 5.74) is 0. The van der Waals surface area contributed by atoms with E-state index in [4.69, 9.17) is 8.85 Å². The smallest absolute Gasteiger partial charge is 0.334 e. The molecular weight excluding hydrogens is 194 g/mol. The van der Waals surface area contributed by atoms with E-state index in [1.165, 1.54) is 0 Å². The molecule has 3 nitrogen and oxygen atoms in total. The molecule has 1 heterocycles. The fourth-order valence-corrected chi connectivity index (χ4v) is 2.76. The normalized spacial score (nSPS) is 11.9. The van der Waals surface area contributed by atoms with Crippen molar-refractivity contribution in [2.75, 3.05) is 14.2 Å². The van der Waals surface area contributed by atoms with Crippen LogP contribution in [0, 0.1) is 0 Å². The molecule has 0 N–H and O–H groups in total. The minimum Gasteiger partial charge on any atom is -0.398 e. The average Bonchev–Trinajstić information content (AvgIpc) is 2.70. The first-order valence-corrected chi connectivity index (χ1v) is 7.43. The SMILES string of the molecule is CO[Si](C)(CCCn1cccc1)OC. The van der Waals surface area contributed by atoms with E-state index in [0.29, 0.717) is 0 Å². The molecule has 80 valence electrons. The van der Waals surface area contributed by atoms with Crippen LogP contribution in [0.1, 0.15) is 6.42 Å². The third-order valence-corrected chi connectivity index (χ3v) is 5.57. The predicted molar refractivity (Wildman–Crippen MR) is 59.5 cm³/mol. The molecule has 4 heteroatoms. The summed E-state index contributed by atoms with van der Waals surface area (Å²) < 4.78 is 13.0. The van der Waals surface area contributed by atoms with Crippen molar-refractivity contribution in [1.29, 1.82) is 0 Å². The summed E-state index contributed by atoms with van der Waals surface area (Å²) in [5, 5.41) is 0. The molecule has 1 rings (SSSR count). The van der Waals surface area contributed by atoms with Crippen LogP contribution in [0.25, 0.3) is 0 Å². The fraction of sp³-hybridized carbons (Fsp3) is 0.600. The minimum absolute atomic E-state index is 1.04. The molecule has 0 aromatic carbocycles. The second kappa shape index (κ2) is 5.34. The molecule has 1 aromatic rings. The van der Waals surface area contributed by atoms with Crippen LogP contribution >= 0.6 is 0 Å². The van der Waals surface area contributed by atoms with Crippen molar-refractivity contribution in [3.63, 3.8) is 0 Å². The first-order chi connectivity index (χ1) is 6.70. The maximum absolute atomic E-state index is 5.41. The van der Waals surface area contributed by atoms with E-state index in [2.05, 4.69) is 23.5 Å². The van der Waals surface area contributed by atoms with Crippen LogP contribution in [-0.2, 0) is 15.4 Å². The van der Waals surface area contributed by atoms with Crippen molar-refractivity contribution in [1.82, 2.24) is 4.57 Å². The Morgan fingerprint density at radius 1 is 1.14 bits per heavy atom. The van der Waals surface area contributed by atoms with Gasteiger partial charge in [-0.05, 0) is 31.1 Å². The van der Waals surface area contributed by atoms with Crippen molar-refractivity contribution >= 4 is 8.56 Å². The third kappa shape index (κ3) is 3.29. The number of aryl methyl sites for hydroxylation is 1. The van der Waals surface area contributed by atoms with Gasteiger partial charge in [0.25, 0.3) is 0 Å². The highest BCUT2D eigenvalue weighted by Crippen LogP contribution is 2.14. The van der Waals surface area contributed by atoms with Gasteiger partial charge in [0.2, 0.25) is 0 Å². The molecule has 0 saturated heterocycles. The minimum atomic E-state index is -1.84. The number of aromatic nitrogens is 1. The summed E-state index contributed by atoms with van der Waals surface area (Å²) >= 11 is 0. The summed E-state index contributed by atoms with van der Waals surface area (Å²) in [4.78, 5) is 0. The first kappa shape index (κ1) is 11.5. The lowest BCUT2D eigenvalue weighted by Gasteiger charge is -2.22. The van der Waals surface area contributed by atoms with E-state index < -0.39 is 8.56 Å². The lowest BCUT2D eigenvalue weighted by Crippen LogP contribution is -2.36. The van der Waals surface area contributed by atoms with E-state index in [1.54, 1.807) is 14.2 Å². The van der Waals surface area contributed by atoms with Gasteiger partial charge in [-0.25, -0.2) is 0 Å². The molecular formula is C10H19NO2Si. The lowest BCUT2D eigenvalue weighted by molar-refractivity contribution is 0.248. The number of hydrogen-bond acceptors (Lipinski definition) is 2. The summed E-state index contributed by atoms with van der Waals surface area (Å²) in [6.45, 7) is 3.14. The first-order valence-electron chi connectivity index (χ1n) is 4.91. The Labute approximate surface area is 86.9 Å². The topological polar surface area (TPSA) is 23.4 Å². The number of nitrogens with zero attached hydrogens (tertiary/aromatic N) is 1. The standard InChI is InChI=1S/C10H19NO2Si/c1-12-14(3,13-2)10-6-9-11-7-4-5-8-11/h4-5,7-8H,6,9-10H2,1-3H3. The van der Waals surface area contributed by atoms with E-state index in [1.807, 2.05) is 12.1 Å². The van der Waals surface area contributed by atoms with E-state index in [9.17, 15) is 0 Å². The summed E-state index contributed by atoms with van der Waals surface area (Å²) in [6, 6.07) is 5.13. The predicted octanol–water partition coefficient (Wildman–Crippen LogP) is 2.24. The van der Waals surface area contributed by atoms with Gasteiger partial charge >= 0.3 is 8.56 Å². The Morgan fingerprint density at radius 3 is 2.21 bits per heavy atom. The van der Waals surface area contributed by atoms with E-state index in [-0.39, 0.29) is 0 Å². The van der Waals surface area contributed by atoms with Crippen molar-refractivity contribution in [3.05, 3.63) is 24.5 Å². The largest absolute Gasteiger partial charge is 0.398 e. The van der Waals surface area contributed by atoms with E-state index in [0.717, 1.165) is 19.0 Å². The Bertz CT molecular complexity index is 245. The molecule has 0 aliphatic carbocycles. The zero-order valence-corrected chi connectivity index (χ0v) is 10.2. The summed E-state index contributed by atoms with van der Waals surface area (Å²) in [5.74, 6) is 0. The molecule has 0 spiro atoms.